The molecule has 1 aromatic heterocycles. The topological polar surface area (TPSA) is 68.0 Å². The van der Waals surface area contributed by atoms with E-state index in [1.807, 2.05) is 20.8 Å². The normalized spacial score (nSPS) is 13.1. The summed E-state index contributed by atoms with van der Waals surface area (Å²) in [6.07, 6.45) is -4.05. The van der Waals surface area contributed by atoms with Gasteiger partial charge < -0.3 is 9.84 Å². The van der Waals surface area contributed by atoms with Crippen molar-refractivity contribution in [3.05, 3.63) is 35.5 Å². The van der Waals surface area contributed by atoms with E-state index in [0.29, 0.717) is 5.92 Å². The number of alkyl halides is 3. The second kappa shape index (κ2) is 7.20. The zero-order valence-corrected chi connectivity index (χ0v) is 13.8. The first-order valence-corrected chi connectivity index (χ1v) is 7.59. The molecular weight excluding hydrogens is 342 g/mol. The number of halogens is 4. The number of nitrogens with one attached hydrogen (secondary N) is 1. The highest BCUT2D eigenvalue weighted by Crippen LogP contribution is 2.29. The zero-order chi connectivity index (χ0) is 18.8. The third-order valence-electron chi connectivity index (χ3n) is 3.34. The van der Waals surface area contributed by atoms with Crippen molar-refractivity contribution in [3.8, 4) is 11.4 Å². The van der Waals surface area contributed by atoms with Crippen molar-refractivity contribution in [1.82, 2.24) is 15.5 Å². The van der Waals surface area contributed by atoms with E-state index >= 15 is 0 Å². The Kier molecular flexibility index (Phi) is 5.44. The zero-order valence-electron chi connectivity index (χ0n) is 13.8. The fourth-order valence-electron chi connectivity index (χ4n) is 2.36. The molecule has 0 aliphatic heterocycles. The van der Waals surface area contributed by atoms with Crippen LogP contribution in [0.2, 0.25) is 0 Å². The summed E-state index contributed by atoms with van der Waals surface area (Å²) in [5.74, 6) is -3.05. The molecule has 0 aliphatic rings. The lowest BCUT2D eigenvalue weighted by molar-refractivity contribution is -0.159. The molecule has 1 atom stereocenters. The first kappa shape index (κ1) is 18.9. The molecule has 0 saturated heterocycles. The van der Waals surface area contributed by atoms with E-state index < -0.39 is 29.6 Å². The number of aromatic nitrogens is 2. The van der Waals surface area contributed by atoms with Crippen molar-refractivity contribution in [3.63, 3.8) is 0 Å². The summed E-state index contributed by atoms with van der Waals surface area (Å²) in [5.41, 5.74) is -0.234. The first-order valence-electron chi connectivity index (χ1n) is 7.59. The second-order valence-corrected chi connectivity index (χ2v) is 6.12. The maximum atomic E-state index is 14.2. The monoisotopic (exact) mass is 359 g/mol. The van der Waals surface area contributed by atoms with E-state index in [2.05, 4.69) is 20.0 Å². The average Bonchev–Trinajstić information content (AvgIpc) is 2.95. The third kappa shape index (κ3) is 4.77. The molecule has 0 bridgehead atoms. The molecule has 0 radical (unpaired) electrons. The largest absolute Gasteiger partial charge is 0.471 e. The van der Waals surface area contributed by atoms with Gasteiger partial charge in [0.1, 0.15) is 5.82 Å². The van der Waals surface area contributed by atoms with Gasteiger partial charge in [0.05, 0.1) is 5.56 Å². The molecule has 2 aromatic rings. The Labute approximate surface area is 141 Å². The molecule has 0 fully saturated rings. The number of hydrogen-bond acceptors (Lipinski definition) is 4. The first-order chi connectivity index (χ1) is 11.6. The molecule has 25 heavy (non-hydrogen) atoms. The van der Waals surface area contributed by atoms with Crippen LogP contribution in [-0.4, -0.2) is 22.1 Å². The average molecular weight is 359 g/mol. The predicted octanol–water partition coefficient (Wildman–Crippen LogP) is 4.06. The highest BCUT2D eigenvalue weighted by molar-refractivity contribution is 5.95. The number of carbonyl (C=O) groups is 1. The number of benzene rings is 1. The Bertz CT molecular complexity index is 756. The summed E-state index contributed by atoms with van der Waals surface area (Å²) in [4.78, 5) is 15.3. The summed E-state index contributed by atoms with van der Waals surface area (Å²) in [6, 6.07) is 3.19. The van der Waals surface area contributed by atoms with Gasteiger partial charge in [-0.25, -0.2) is 4.39 Å². The molecule has 1 amide bonds. The van der Waals surface area contributed by atoms with E-state index in [1.165, 1.54) is 12.1 Å². The Morgan fingerprint density at radius 1 is 1.28 bits per heavy atom. The van der Waals surface area contributed by atoms with Gasteiger partial charge in [0.15, 0.2) is 0 Å². The lowest BCUT2D eigenvalue weighted by Crippen LogP contribution is -2.34. The van der Waals surface area contributed by atoms with E-state index in [9.17, 15) is 22.4 Å². The Hall–Kier alpha value is -2.45. The van der Waals surface area contributed by atoms with Crippen LogP contribution in [0.1, 0.15) is 43.4 Å². The fourth-order valence-corrected chi connectivity index (χ4v) is 2.36. The van der Waals surface area contributed by atoms with Crippen molar-refractivity contribution >= 4 is 5.91 Å². The number of amides is 1. The molecule has 9 heteroatoms. The SMILES string of the molecule is CC(C)CC(C)NC(=O)c1ccc(-c2noc(C(F)(F)F)n2)cc1F. The molecule has 136 valence electrons. The lowest BCUT2D eigenvalue weighted by atomic mass is 10.0. The lowest BCUT2D eigenvalue weighted by Gasteiger charge is -2.16. The van der Waals surface area contributed by atoms with Crippen LogP contribution in [0, 0.1) is 11.7 Å². The van der Waals surface area contributed by atoms with Crippen LogP contribution >= 0.6 is 0 Å². The number of carbonyl (C=O) groups excluding carboxylic acids is 1. The maximum Gasteiger partial charge on any atom is 0.471 e. The summed E-state index contributed by atoms with van der Waals surface area (Å²) in [6.45, 7) is 5.80. The molecule has 0 aliphatic carbocycles. The van der Waals surface area contributed by atoms with Gasteiger partial charge in [0.25, 0.3) is 5.91 Å². The Morgan fingerprint density at radius 3 is 2.48 bits per heavy atom. The van der Waals surface area contributed by atoms with Crippen molar-refractivity contribution in [1.29, 1.82) is 0 Å². The van der Waals surface area contributed by atoms with Gasteiger partial charge in [-0.15, -0.1) is 0 Å². The van der Waals surface area contributed by atoms with Gasteiger partial charge in [-0.2, -0.15) is 18.2 Å². The molecule has 0 spiro atoms. The number of nitrogens with zero attached hydrogens (tertiary/aromatic N) is 2. The maximum absolute atomic E-state index is 14.2. The van der Waals surface area contributed by atoms with Crippen molar-refractivity contribution < 1.29 is 26.9 Å². The van der Waals surface area contributed by atoms with Gasteiger partial charge in [-0.05, 0) is 31.4 Å². The van der Waals surface area contributed by atoms with Gasteiger partial charge in [0, 0.05) is 11.6 Å². The molecular formula is C16H17F4N3O2. The quantitative estimate of drug-likeness (QED) is 0.818. The fraction of sp³-hybridized carbons (Fsp3) is 0.438. The molecule has 5 nitrogen and oxygen atoms in total. The summed E-state index contributed by atoms with van der Waals surface area (Å²) in [7, 11) is 0. The molecule has 1 aromatic carbocycles. The number of hydrogen-bond donors (Lipinski definition) is 1. The smallest absolute Gasteiger partial charge is 0.349 e. The highest BCUT2D eigenvalue weighted by Gasteiger charge is 2.38. The summed E-state index contributed by atoms with van der Waals surface area (Å²) >= 11 is 0. The van der Waals surface area contributed by atoms with Gasteiger partial charge in [-0.1, -0.05) is 25.1 Å². The van der Waals surface area contributed by atoms with Crippen molar-refractivity contribution in [2.24, 2.45) is 5.92 Å². The van der Waals surface area contributed by atoms with E-state index in [-0.39, 0.29) is 17.2 Å². The summed E-state index contributed by atoms with van der Waals surface area (Å²) < 4.78 is 55.6. The predicted molar refractivity (Wildman–Crippen MR) is 81.1 cm³/mol. The Morgan fingerprint density at radius 2 is 1.96 bits per heavy atom. The minimum absolute atomic E-state index is 0.0245. The van der Waals surface area contributed by atoms with Gasteiger partial charge >= 0.3 is 12.1 Å². The van der Waals surface area contributed by atoms with Crippen molar-refractivity contribution in [2.45, 2.75) is 39.4 Å². The second-order valence-electron chi connectivity index (χ2n) is 6.12. The van der Waals surface area contributed by atoms with Crippen LogP contribution in [0.25, 0.3) is 11.4 Å². The van der Waals surface area contributed by atoms with Crippen molar-refractivity contribution in [2.75, 3.05) is 0 Å². The van der Waals surface area contributed by atoms with Gasteiger partial charge in [-0.3, -0.25) is 4.79 Å². The molecule has 2 rings (SSSR count). The summed E-state index contributed by atoms with van der Waals surface area (Å²) in [5, 5.41) is 5.85. The standard InChI is InChI=1S/C16H17F4N3O2/c1-8(2)6-9(3)21-14(24)11-5-4-10(7-12(11)17)13-22-15(25-23-13)16(18,19)20/h4-5,7-9H,6H2,1-3H3,(H,21,24). The van der Waals surface area contributed by atoms with Crippen LogP contribution in [-0.2, 0) is 6.18 Å². The third-order valence-corrected chi connectivity index (χ3v) is 3.34. The molecule has 1 unspecified atom stereocenters. The van der Waals surface area contributed by atoms with E-state index in [4.69, 9.17) is 0 Å². The van der Waals surface area contributed by atoms with Crippen LogP contribution in [0.5, 0.6) is 0 Å². The minimum Gasteiger partial charge on any atom is -0.349 e. The molecule has 0 saturated carbocycles. The minimum atomic E-state index is -4.78. The molecule has 1 N–H and O–H groups in total. The van der Waals surface area contributed by atoms with Crippen LogP contribution < -0.4 is 5.32 Å². The highest BCUT2D eigenvalue weighted by atomic mass is 19.4. The van der Waals surface area contributed by atoms with E-state index in [0.717, 1.165) is 12.5 Å². The van der Waals surface area contributed by atoms with Crippen LogP contribution in [0.15, 0.2) is 22.7 Å². The van der Waals surface area contributed by atoms with Crippen LogP contribution in [0.3, 0.4) is 0 Å². The van der Waals surface area contributed by atoms with Gasteiger partial charge in [0.2, 0.25) is 5.82 Å². The number of rotatable bonds is 5. The van der Waals surface area contributed by atoms with E-state index in [1.54, 1.807) is 0 Å². The Balaban J connectivity index is 2.18. The van der Waals surface area contributed by atoms with Crippen LogP contribution in [0.4, 0.5) is 17.6 Å². The molecule has 1 heterocycles.